The summed E-state index contributed by atoms with van der Waals surface area (Å²) in [7, 11) is 1.35. The van der Waals surface area contributed by atoms with Crippen molar-refractivity contribution in [2.75, 3.05) is 7.11 Å². The van der Waals surface area contributed by atoms with Gasteiger partial charge in [-0.15, -0.1) is 0 Å². The second-order valence-corrected chi connectivity index (χ2v) is 4.29. The van der Waals surface area contributed by atoms with Gasteiger partial charge in [0.1, 0.15) is 0 Å². The molecular formula is C15H20O3. The second-order valence-electron chi connectivity index (χ2n) is 4.29. The van der Waals surface area contributed by atoms with Crippen molar-refractivity contribution in [3.05, 3.63) is 47.5 Å². The van der Waals surface area contributed by atoms with Crippen molar-refractivity contribution < 1.29 is 14.6 Å². The monoisotopic (exact) mass is 248 g/mol. The van der Waals surface area contributed by atoms with Gasteiger partial charge in [0.2, 0.25) is 0 Å². The molecule has 0 aliphatic heterocycles. The summed E-state index contributed by atoms with van der Waals surface area (Å²) in [6, 6.07) is 10.0. The Morgan fingerprint density at radius 3 is 2.67 bits per heavy atom. The van der Waals surface area contributed by atoms with Crippen LogP contribution in [0.5, 0.6) is 0 Å². The van der Waals surface area contributed by atoms with Crippen LogP contribution in [0, 0.1) is 0 Å². The quantitative estimate of drug-likeness (QED) is 0.621. The van der Waals surface area contributed by atoms with Crippen LogP contribution in [-0.4, -0.2) is 24.3 Å². The molecule has 1 N–H and O–H groups in total. The molecule has 1 aromatic rings. The molecule has 0 fully saturated rings. The predicted octanol–water partition coefficient (Wildman–Crippen LogP) is 2.49. The average molecular weight is 248 g/mol. The van der Waals surface area contributed by atoms with Gasteiger partial charge in [0, 0.05) is 5.57 Å². The van der Waals surface area contributed by atoms with Crippen molar-refractivity contribution in [3.63, 3.8) is 0 Å². The highest BCUT2D eigenvalue weighted by Crippen LogP contribution is 2.09. The van der Waals surface area contributed by atoms with E-state index < -0.39 is 6.10 Å². The van der Waals surface area contributed by atoms with E-state index in [1.165, 1.54) is 12.7 Å². The molecule has 0 aliphatic rings. The number of aliphatic hydroxyl groups excluding tert-OH is 1. The van der Waals surface area contributed by atoms with Crippen molar-refractivity contribution in [1.29, 1.82) is 0 Å². The summed E-state index contributed by atoms with van der Waals surface area (Å²) in [4.78, 5) is 11.1. The van der Waals surface area contributed by atoms with Crippen LogP contribution in [0.15, 0.2) is 42.0 Å². The summed E-state index contributed by atoms with van der Waals surface area (Å²) < 4.78 is 4.58. The highest BCUT2D eigenvalue weighted by Gasteiger charge is 2.06. The third kappa shape index (κ3) is 5.15. The summed E-state index contributed by atoms with van der Waals surface area (Å²) in [5.74, 6) is -0.342. The van der Waals surface area contributed by atoms with E-state index in [4.69, 9.17) is 0 Å². The first-order chi connectivity index (χ1) is 8.63. The zero-order chi connectivity index (χ0) is 13.4. The van der Waals surface area contributed by atoms with Gasteiger partial charge < -0.3 is 9.84 Å². The predicted molar refractivity (Wildman–Crippen MR) is 71.2 cm³/mol. The number of benzene rings is 1. The van der Waals surface area contributed by atoms with Crippen LogP contribution in [0.1, 0.15) is 25.3 Å². The summed E-state index contributed by atoms with van der Waals surface area (Å²) >= 11 is 0. The van der Waals surface area contributed by atoms with E-state index in [9.17, 15) is 9.90 Å². The molecule has 0 aliphatic carbocycles. The zero-order valence-electron chi connectivity index (χ0n) is 10.9. The fourth-order valence-corrected chi connectivity index (χ4v) is 1.65. The van der Waals surface area contributed by atoms with Crippen molar-refractivity contribution in [2.45, 2.75) is 32.3 Å². The molecule has 0 saturated carbocycles. The molecule has 0 saturated heterocycles. The summed E-state index contributed by atoms with van der Waals surface area (Å²) in [5.41, 5.74) is 1.75. The number of methoxy groups -OCH3 is 1. The lowest BCUT2D eigenvalue weighted by Crippen LogP contribution is -2.08. The molecule has 0 heterocycles. The number of carbonyl (C=O) groups is 1. The van der Waals surface area contributed by atoms with E-state index in [1.807, 2.05) is 30.3 Å². The Bertz CT molecular complexity index is 395. The van der Waals surface area contributed by atoms with E-state index in [2.05, 4.69) is 4.74 Å². The third-order valence-corrected chi connectivity index (χ3v) is 2.81. The maximum atomic E-state index is 11.1. The number of ether oxygens (including phenoxy) is 1. The Hall–Kier alpha value is -1.61. The van der Waals surface area contributed by atoms with Gasteiger partial charge in [0.25, 0.3) is 0 Å². The Kier molecular flexibility index (Phi) is 6.15. The highest BCUT2D eigenvalue weighted by atomic mass is 16.5. The van der Waals surface area contributed by atoms with Crippen LogP contribution in [0.2, 0.25) is 0 Å². The number of aryl methyl sites for hydroxylation is 1. The fraction of sp³-hybridized carbons (Fsp3) is 0.400. The first-order valence-electron chi connectivity index (χ1n) is 6.10. The van der Waals surface area contributed by atoms with Gasteiger partial charge in [-0.1, -0.05) is 36.4 Å². The normalized spacial score (nSPS) is 13.2. The van der Waals surface area contributed by atoms with E-state index in [-0.39, 0.29) is 5.97 Å². The Labute approximate surface area is 108 Å². The van der Waals surface area contributed by atoms with E-state index in [0.717, 1.165) is 6.42 Å². The van der Waals surface area contributed by atoms with Crippen molar-refractivity contribution in [2.24, 2.45) is 0 Å². The minimum absolute atomic E-state index is 0.342. The number of hydrogen-bond acceptors (Lipinski definition) is 3. The molecular weight excluding hydrogens is 228 g/mol. The minimum Gasteiger partial charge on any atom is -0.466 e. The van der Waals surface area contributed by atoms with Crippen LogP contribution in [0.25, 0.3) is 0 Å². The maximum Gasteiger partial charge on any atom is 0.333 e. The molecule has 18 heavy (non-hydrogen) atoms. The molecule has 0 aromatic heterocycles. The van der Waals surface area contributed by atoms with Gasteiger partial charge >= 0.3 is 5.97 Å². The van der Waals surface area contributed by atoms with Gasteiger partial charge in [0.15, 0.2) is 0 Å². The third-order valence-electron chi connectivity index (χ3n) is 2.81. The van der Waals surface area contributed by atoms with E-state index in [1.54, 1.807) is 13.0 Å². The zero-order valence-corrected chi connectivity index (χ0v) is 10.9. The van der Waals surface area contributed by atoms with E-state index in [0.29, 0.717) is 18.4 Å². The lowest BCUT2D eigenvalue weighted by molar-refractivity contribution is -0.136. The van der Waals surface area contributed by atoms with Gasteiger partial charge in [-0.05, 0) is 31.7 Å². The lowest BCUT2D eigenvalue weighted by atomic mass is 10.0. The smallest absolute Gasteiger partial charge is 0.333 e. The SMILES string of the molecule is COC(=O)/C(C)=C/CC(O)CCc1ccccc1. The average Bonchev–Trinajstić information content (AvgIpc) is 2.42. The molecule has 0 bridgehead atoms. The molecule has 1 aromatic carbocycles. The Morgan fingerprint density at radius 1 is 1.39 bits per heavy atom. The van der Waals surface area contributed by atoms with Crippen LogP contribution >= 0.6 is 0 Å². The van der Waals surface area contributed by atoms with Gasteiger partial charge in [-0.3, -0.25) is 0 Å². The largest absolute Gasteiger partial charge is 0.466 e. The van der Waals surface area contributed by atoms with Crippen molar-refractivity contribution >= 4 is 5.97 Å². The topological polar surface area (TPSA) is 46.5 Å². The first-order valence-corrected chi connectivity index (χ1v) is 6.10. The number of aliphatic hydroxyl groups is 1. The highest BCUT2D eigenvalue weighted by molar-refractivity contribution is 5.87. The molecule has 1 unspecified atom stereocenters. The number of rotatable bonds is 6. The van der Waals surface area contributed by atoms with Crippen LogP contribution in [0.3, 0.4) is 0 Å². The molecule has 3 heteroatoms. The standard InChI is InChI=1S/C15H20O3/c1-12(15(17)18-2)8-10-14(16)11-9-13-6-4-3-5-7-13/h3-8,14,16H,9-11H2,1-2H3/b12-8+. The summed E-state index contributed by atoms with van der Waals surface area (Å²) in [6.45, 7) is 1.69. The Balaban J connectivity index is 2.34. The fourth-order valence-electron chi connectivity index (χ4n) is 1.65. The van der Waals surface area contributed by atoms with Gasteiger partial charge in [0.05, 0.1) is 13.2 Å². The number of esters is 1. The van der Waals surface area contributed by atoms with Crippen LogP contribution < -0.4 is 0 Å². The number of carbonyl (C=O) groups excluding carboxylic acids is 1. The van der Waals surface area contributed by atoms with Gasteiger partial charge in [-0.2, -0.15) is 0 Å². The molecule has 3 nitrogen and oxygen atoms in total. The summed E-state index contributed by atoms with van der Waals surface area (Å²) in [5, 5.41) is 9.82. The first kappa shape index (κ1) is 14.5. The minimum atomic E-state index is -0.426. The molecule has 0 spiro atoms. The van der Waals surface area contributed by atoms with Gasteiger partial charge in [-0.25, -0.2) is 4.79 Å². The molecule has 98 valence electrons. The molecule has 1 atom stereocenters. The van der Waals surface area contributed by atoms with Crippen LogP contribution in [0.4, 0.5) is 0 Å². The van der Waals surface area contributed by atoms with Crippen LogP contribution in [-0.2, 0) is 16.0 Å². The molecule has 0 radical (unpaired) electrons. The molecule has 0 amide bonds. The second kappa shape index (κ2) is 7.67. The van der Waals surface area contributed by atoms with E-state index >= 15 is 0 Å². The maximum absolute atomic E-state index is 11.1. The molecule has 1 rings (SSSR count). The summed E-state index contributed by atoms with van der Waals surface area (Å²) in [6.07, 6.45) is 3.31. The lowest BCUT2D eigenvalue weighted by Gasteiger charge is -2.08. The van der Waals surface area contributed by atoms with Crippen molar-refractivity contribution in [1.82, 2.24) is 0 Å². The number of hydrogen-bond donors (Lipinski definition) is 1. The Morgan fingerprint density at radius 2 is 2.06 bits per heavy atom. The van der Waals surface area contributed by atoms with Crippen molar-refractivity contribution in [3.8, 4) is 0 Å².